The van der Waals surface area contributed by atoms with Crippen LogP contribution in [0.2, 0.25) is 0 Å². The third-order valence-electron chi connectivity index (χ3n) is 4.97. The van der Waals surface area contributed by atoms with E-state index in [2.05, 4.69) is 36.4 Å². The number of hydrogen-bond donors (Lipinski definition) is 1. The number of rotatable bonds is 5. The van der Waals surface area contributed by atoms with Gasteiger partial charge in [-0.05, 0) is 56.5 Å². The maximum atomic E-state index is 12.5. The summed E-state index contributed by atoms with van der Waals surface area (Å²) < 4.78 is 1.91. The summed E-state index contributed by atoms with van der Waals surface area (Å²) in [6.45, 7) is 8.71. The van der Waals surface area contributed by atoms with Crippen molar-refractivity contribution in [2.75, 3.05) is 0 Å². The number of aryl methyl sites for hydroxylation is 2. The Morgan fingerprint density at radius 3 is 2.46 bits per heavy atom. The highest BCUT2D eigenvalue weighted by molar-refractivity contribution is 5.79. The van der Waals surface area contributed by atoms with Gasteiger partial charge in [0.2, 0.25) is 5.91 Å². The highest BCUT2D eigenvalue weighted by atomic mass is 16.1. The van der Waals surface area contributed by atoms with Crippen LogP contribution in [-0.2, 0) is 17.8 Å². The predicted molar refractivity (Wildman–Crippen MR) is 105 cm³/mol. The summed E-state index contributed by atoms with van der Waals surface area (Å²) in [6, 6.07) is 16.2. The summed E-state index contributed by atoms with van der Waals surface area (Å²) in [5, 5.41) is 7.66. The number of amides is 1. The zero-order valence-corrected chi connectivity index (χ0v) is 15.8. The van der Waals surface area contributed by atoms with Gasteiger partial charge in [0, 0.05) is 17.8 Å². The summed E-state index contributed by atoms with van der Waals surface area (Å²) in [7, 11) is 0. The van der Waals surface area contributed by atoms with Gasteiger partial charge in [0.25, 0.3) is 0 Å². The first-order chi connectivity index (χ1) is 12.5. The second-order valence-electron chi connectivity index (χ2n) is 6.71. The van der Waals surface area contributed by atoms with Crippen LogP contribution < -0.4 is 5.32 Å². The lowest BCUT2D eigenvalue weighted by Crippen LogP contribution is -2.25. The van der Waals surface area contributed by atoms with Gasteiger partial charge in [-0.3, -0.25) is 4.79 Å². The Kier molecular flexibility index (Phi) is 5.21. The first kappa shape index (κ1) is 17.9. The maximum absolute atomic E-state index is 12.5. The SMILES string of the molecule is Cc1cccc(CNC(=O)Cc2c(C)nn(-c3ccccc3)c2C)c1C. The van der Waals surface area contributed by atoms with E-state index < -0.39 is 0 Å². The van der Waals surface area contributed by atoms with Gasteiger partial charge in [-0.1, -0.05) is 36.4 Å². The first-order valence-corrected chi connectivity index (χ1v) is 8.89. The fourth-order valence-corrected chi connectivity index (χ4v) is 3.17. The summed E-state index contributed by atoms with van der Waals surface area (Å²) in [6.07, 6.45) is 0.343. The molecule has 2 aromatic carbocycles. The van der Waals surface area contributed by atoms with E-state index in [4.69, 9.17) is 0 Å². The van der Waals surface area contributed by atoms with Gasteiger partial charge >= 0.3 is 0 Å². The van der Waals surface area contributed by atoms with Crippen molar-refractivity contribution < 1.29 is 4.79 Å². The Bertz CT molecular complexity index is 926. The molecule has 0 saturated carbocycles. The van der Waals surface area contributed by atoms with Crippen LogP contribution in [0.4, 0.5) is 0 Å². The molecule has 26 heavy (non-hydrogen) atoms. The first-order valence-electron chi connectivity index (χ1n) is 8.89. The highest BCUT2D eigenvalue weighted by Crippen LogP contribution is 2.18. The number of nitrogens with zero attached hydrogens (tertiary/aromatic N) is 2. The van der Waals surface area contributed by atoms with Crippen molar-refractivity contribution in [1.82, 2.24) is 15.1 Å². The van der Waals surface area contributed by atoms with E-state index in [0.717, 1.165) is 28.2 Å². The Balaban J connectivity index is 1.72. The molecule has 1 N–H and O–H groups in total. The second-order valence-corrected chi connectivity index (χ2v) is 6.71. The molecule has 0 aliphatic heterocycles. The van der Waals surface area contributed by atoms with Crippen LogP contribution in [-0.4, -0.2) is 15.7 Å². The van der Waals surface area contributed by atoms with Crippen LogP contribution in [0.3, 0.4) is 0 Å². The van der Waals surface area contributed by atoms with Crippen LogP contribution in [0, 0.1) is 27.7 Å². The monoisotopic (exact) mass is 347 g/mol. The van der Waals surface area contributed by atoms with Crippen molar-refractivity contribution >= 4 is 5.91 Å². The molecule has 0 aliphatic carbocycles. The van der Waals surface area contributed by atoms with Crippen molar-refractivity contribution in [2.24, 2.45) is 0 Å². The summed E-state index contributed by atoms with van der Waals surface area (Å²) in [4.78, 5) is 12.5. The molecule has 1 aromatic heterocycles. The fraction of sp³-hybridized carbons (Fsp3) is 0.273. The normalized spacial score (nSPS) is 10.8. The van der Waals surface area contributed by atoms with Crippen molar-refractivity contribution in [2.45, 2.75) is 40.7 Å². The van der Waals surface area contributed by atoms with Gasteiger partial charge in [-0.25, -0.2) is 4.68 Å². The number of para-hydroxylation sites is 1. The molecule has 0 radical (unpaired) electrons. The average Bonchev–Trinajstić information content (AvgIpc) is 2.92. The molecule has 0 atom stereocenters. The molecule has 3 aromatic rings. The Hall–Kier alpha value is -2.88. The van der Waals surface area contributed by atoms with Crippen LogP contribution >= 0.6 is 0 Å². The Morgan fingerprint density at radius 2 is 1.73 bits per heavy atom. The molecule has 0 aliphatic rings. The summed E-state index contributed by atoms with van der Waals surface area (Å²) in [5.74, 6) is 0.0183. The molecule has 0 bridgehead atoms. The zero-order chi connectivity index (χ0) is 18.7. The van der Waals surface area contributed by atoms with Crippen LogP contribution in [0.15, 0.2) is 48.5 Å². The lowest BCUT2D eigenvalue weighted by atomic mass is 10.0. The average molecular weight is 347 g/mol. The minimum absolute atomic E-state index is 0.0183. The van der Waals surface area contributed by atoms with E-state index in [0.29, 0.717) is 13.0 Å². The quantitative estimate of drug-likeness (QED) is 0.759. The summed E-state index contributed by atoms with van der Waals surface area (Å²) in [5.41, 5.74) is 7.54. The summed E-state index contributed by atoms with van der Waals surface area (Å²) >= 11 is 0. The molecular weight excluding hydrogens is 322 g/mol. The maximum Gasteiger partial charge on any atom is 0.224 e. The molecule has 0 fully saturated rings. The topological polar surface area (TPSA) is 46.9 Å². The van der Waals surface area contributed by atoms with Crippen molar-refractivity contribution in [3.63, 3.8) is 0 Å². The third-order valence-corrected chi connectivity index (χ3v) is 4.97. The molecule has 0 unspecified atom stereocenters. The van der Waals surface area contributed by atoms with Gasteiger partial charge in [0.05, 0.1) is 17.8 Å². The molecule has 4 nitrogen and oxygen atoms in total. The van der Waals surface area contributed by atoms with E-state index in [1.807, 2.05) is 54.9 Å². The van der Waals surface area contributed by atoms with Crippen molar-refractivity contribution in [3.05, 3.63) is 82.2 Å². The number of carbonyl (C=O) groups excluding carboxylic acids is 1. The molecule has 0 spiro atoms. The molecule has 0 saturated heterocycles. The lowest BCUT2D eigenvalue weighted by Gasteiger charge is -2.10. The van der Waals surface area contributed by atoms with Crippen LogP contribution in [0.1, 0.15) is 33.6 Å². The van der Waals surface area contributed by atoms with Crippen molar-refractivity contribution in [3.8, 4) is 5.69 Å². The van der Waals surface area contributed by atoms with Gasteiger partial charge in [0.15, 0.2) is 0 Å². The highest BCUT2D eigenvalue weighted by Gasteiger charge is 2.16. The minimum Gasteiger partial charge on any atom is -0.352 e. The van der Waals surface area contributed by atoms with E-state index >= 15 is 0 Å². The predicted octanol–water partition coefficient (Wildman–Crippen LogP) is 3.96. The van der Waals surface area contributed by atoms with Gasteiger partial charge < -0.3 is 5.32 Å². The molecule has 1 amide bonds. The van der Waals surface area contributed by atoms with E-state index in [1.54, 1.807) is 0 Å². The number of carbonyl (C=O) groups is 1. The van der Waals surface area contributed by atoms with Gasteiger partial charge in [-0.2, -0.15) is 5.10 Å². The number of aromatic nitrogens is 2. The molecule has 4 heteroatoms. The van der Waals surface area contributed by atoms with Crippen LogP contribution in [0.25, 0.3) is 5.69 Å². The lowest BCUT2D eigenvalue weighted by molar-refractivity contribution is -0.120. The standard InChI is InChI=1S/C22H25N3O/c1-15-9-8-10-19(16(15)2)14-23-22(26)13-21-17(3)24-25(18(21)4)20-11-6-5-7-12-20/h5-12H,13-14H2,1-4H3,(H,23,26). The zero-order valence-electron chi connectivity index (χ0n) is 15.8. The molecule has 3 rings (SSSR count). The van der Waals surface area contributed by atoms with Gasteiger partial charge in [-0.15, -0.1) is 0 Å². The van der Waals surface area contributed by atoms with E-state index in [-0.39, 0.29) is 5.91 Å². The number of hydrogen-bond acceptors (Lipinski definition) is 2. The van der Waals surface area contributed by atoms with Gasteiger partial charge in [0.1, 0.15) is 0 Å². The smallest absolute Gasteiger partial charge is 0.224 e. The molecular formula is C22H25N3O. The Labute approximate surface area is 154 Å². The minimum atomic E-state index is 0.0183. The number of benzene rings is 2. The van der Waals surface area contributed by atoms with E-state index in [1.165, 1.54) is 11.1 Å². The largest absolute Gasteiger partial charge is 0.352 e. The third kappa shape index (κ3) is 3.69. The Morgan fingerprint density at radius 1 is 1.00 bits per heavy atom. The fourth-order valence-electron chi connectivity index (χ4n) is 3.17. The molecule has 134 valence electrons. The van der Waals surface area contributed by atoms with Crippen LogP contribution in [0.5, 0.6) is 0 Å². The second kappa shape index (κ2) is 7.56. The van der Waals surface area contributed by atoms with E-state index in [9.17, 15) is 4.79 Å². The number of nitrogens with one attached hydrogen (secondary N) is 1. The van der Waals surface area contributed by atoms with Crippen molar-refractivity contribution in [1.29, 1.82) is 0 Å². The molecule has 1 heterocycles.